The predicted octanol–water partition coefficient (Wildman–Crippen LogP) is 5.48. The van der Waals surface area contributed by atoms with Crippen molar-refractivity contribution < 1.29 is 18.7 Å². The van der Waals surface area contributed by atoms with E-state index >= 15 is 0 Å². The highest BCUT2D eigenvalue weighted by molar-refractivity contribution is 5.93. The molecule has 1 unspecified atom stereocenters. The number of nitrogens with one attached hydrogen (secondary N) is 1. The summed E-state index contributed by atoms with van der Waals surface area (Å²) in [6.07, 6.45) is 0. The molecule has 5 rings (SSSR count). The minimum Gasteiger partial charge on any atom is -0.494 e. The maximum absolute atomic E-state index is 12.8. The van der Waals surface area contributed by atoms with Gasteiger partial charge in [-0.2, -0.15) is 0 Å². The number of carbonyl (C=O) groups excluding carboxylic acids is 1. The van der Waals surface area contributed by atoms with Gasteiger partial charge in [-0.15, -0.1) is 0 Å². The van der Waals surface area contributed by atoms with E-state index in [1.54, 1.807) is 13.1 Å². The minimum absolute atomic E-state index is 0.0940. The van der Waals surface area contributed by atoms with Crippen LogP contribution in [0.25, 0.3) is 22.1 Å². The molecule has 3 aromatic carbocycles. The fourth-order valence-corrected chi connectivity index (χ4v) is 4.35. The van der Waals surface area contributed by atoms with Crippen molar-refractivity contribution in [2.24, 2.45) is 0 Å². The number of likely N-dealkylation sites (N-methyl/N-ethyl adjacent to an activating group) is 1. The quantitative estimate of drug-likeness (QED) is 0.353. The Morgan fingerprint density at radius 2 is 1.64 bits per heavy atom. The van der Waals surface area contributed by atoms with Crippen molar-refractivity contribution in [2.45, 2.75) is 13.0 Å². The summed E-state index contributed by atoms with van der Waals surface area (Å²) in [7, 11) is 1.68. The lowest BCUT2D eigenvalue weighted by Crippen LogP contribution is -2.46. The molecule has 0 aliphatic carbocycles. The maximum Gasteiger partial charge on any atom is 0.336 e. The van der Waals surface area contributed by atoms with Crippen molar-refractivity contribution in [3.8, 4) is 16.9 Å². The monoisotopic (exact) mass is 482 g/mol. The molecule has 2 heterocycles. The van der Waals surface area contributed by atoms with E-state index in [0.717, 1.165) is 22.1 Å². The highest BCUT2D eigenvalue weighted by Gasteiger charge is 2.33. The van der Waals surface area contributed by atoms with Crippen LogP contribution in [0.4, 0.5) is 4.79 Å². The molecule has 1 aliphatic rings. The van der Waals surface area contributed by atoms with Crippen molar-refractivity contribution in [1.29, 1.82) is 0 Å². The van der Waals surface area contributed by atoms with Gasteiger partial charge in [-0.25, -0.2) is 9.59 Å². The first-order valence-electron chi connectivity index (χ1n) is 11.8. The Hall–Kier alpha value is -4.52. The van der Waals surface area contributed by atoms with Crippen LogP contribution in [0, 0.1) is 0 Å². The highest BCUT2D eigenvalue weighted by atomic mass is 16.5. The highest BCUT2D eigenvalue weighted by Crippen LogP contribution is 2.32. The van der Waals surface area contributed by atoms with E-state index in [1.165, 1.54) is 11.0 Å². The second-order valence-electron chi connectivity index (χ2n) is 8.39. The summed E-state index contributed by atoms with van der Waals surface area (Å²) in [5, 5.41) is 3.80. The first kappa shape index (κ1) is 23.2. The number of amides is 2. The molecule has 7 nitrogen and oxygen atoms in total. The van der Waals surface area contributed by atoms with Crippen molar-refractivity contribution in [1.82, 2.24) is 10.2 Å². The average molecular weight is 483 g/mol. The summed E-state index contributed by atoms with van der Waals surface area (Å²) in [5.74, 6) is 1.14. The van der Waals surface area contributed by atoms with Gasteiger partial charge in [0.1, 0.15) is 35.4 Å². The lowest BCUT2D eigenvalue weighted by Gasteiger charge is -2.34. The Kier molecular flexibility index (Phi) is 6.45. The lowest BCUT2D eigenvalue weighted by molar-refractivity contribution is 0.149. The molecular weight excluding hydrogens is 456 g/mol. The summed E-state index contributed by atoms with van der Waals surface area (Å²) in [5.41, 5.74) is 3.25. The van der Waals surface area contributed by atoms with Gasteiger partial charge < -0.3 is 19.2 Å². The third-order valence-electron chi connectivity index (χ3n) is 6.13. The molecule has 1 N–H and O–H groups in total. The number of hydrogen-bond donors (Lipinski definition) is 1. The lowest BCUT2D eigenvalue weighted by atomic mass is 10.0. The number of fused-ring (bicyclic) bond motifs is 1. The fraction of sp³-hybridized carbons (Fsp3) is 0.172. The Morgan fingerprint density at radius 3 is 2.36 bits per heavy atom. The largest absolute Gasteiger partial charge is 0.494 e. The molecule has 0 saturated heterocycles. The second kappa shape index (κ2) is 10.00. The molecule has 0 saturated carbocycles. The number of nitrogens with zero attached hydrogens (tertiary/aromatic N) is 1. The predicted molar refractivity (Wildman–Crippen MR) is 138 cm³/mol. The number of rotatable bonds is 7. The van der Waals surface area contributed by atoms with Crippen LogP contribution in [0.3, 0.4) is 0 Å². The van der Waals surface area contributed by atoms with Crippen LogP contribution >= 0.6 is 0 Å². The molecule has 182 valence electrons. The standard InChI is InChI=1S/C29H26N2O5/c1-3-34-28-24(31(2)29(33)30-27(28)20-12-8-5-9-13-20)18-35-21-14-15-22-23(19-10-6-4-7-11-19)17-26(32)36-25(22)16-21/h4-17,27H,3,18H2,1-2H3,(H,30,33). The Morgan fingerprint density at radius 1 is 0.917 bits per heavy atom. The van der Waals surface area contributed by atoms with Gasteiger partial charge in [0, 0.05) is 24.6 Å². The SMILES string of the molecule is CCOC1=C(COc2ccc3c(-c4ccccc4)cc(=O)oc3c2)N(C)C(=O)NC1c1ccccc1. The second-order valence-corrected chi connectivity index (χ2v) is 8.39. The Labute approximate surface area is 208 Å². The van der Waals surface area contributed by atoms with Crippen molar-refractivity contribution in [3.63, 3.8) is 0 Å². The number of hydrogen-bond acceptors (Lipinski definition) is 5. The van der Waals surface area contributed by atoms with Gasteiger partial charge in [-0.05, 0) is 35.7 Å². The molecule has 7 heteroatoms. The van der Waals surface area contributed by atoms with Crippen molar-refractivity contribution in [3.05, 3.63) is 112 Å². The minimum atomic E-state index is -0.436. The fourth-order valence-electron chi connectivity index (χ4n) is 4.35. The molecule has 2 amide bonds. The molecule has 1 aliphatic heterocycles. The first-order chi connectivity index (χ1) is 17.5. The van der Waals surface area contributed by atoms with E-state index in [-0.39, 0.29) is 12.6 Å². The van der Waals surface area contributed by atoms with Crippen molar-refractivity contribution >= 4 is 17.0 Å². The molecule has 0 fully saturated rings. The zero-order valence-electron chi connectivity index (χ0n) is 20.1. The van der Waals surface area contributed by atoms with Crippen LogP contribution < -0.4 is 15.7 Å². The molecule has 36 heavy (non-hydrogen) atoms. The Bertz CT molecular complexity index is 1480. The molecule has 1 aromatic heterocycles. The first-order valence-corrected chi connectivity index (χ1v) is 11.8. The zero-order chi connectivity index (χ0) is 25.1. The number of urea groups is 1. The molecule has 0 bridgehead atoms. The number of ether oxygens (including phenoxy) is 2. The molecule has 0 spiro atoms. The van der Waals surface area contributed by atoms with Gasteiger partial charge in [0.25, 0.3) is 0 Å². The van der Waals surface area contributed by atoms with Gasteiger partial charge in [0.15, 0.2) is 0 Å². The van der Waals surface area contributed by atoms with Gasteiger partial charge in [0.2, 0.25) is 0 Å². The molecule has 4 aromatic rings. The van der Waals surface area contributed by atoms with E-state index in [0.29, 0.717) is 29.4 Å². The molecule has 1 atom stereocenters. The van der Waals surface area contributed by atoms with Crippen molar-refractivity contribution in [2.75, 3.05) is 20.3 Å². The van der Waals surface area contributed by atoms with Crippen LogP contribution in [0.5, 0.6) is 5.75 Å². The molecule has 0 radical (unpaired) electrons. The van der Waals surface area contributed by atoms with Gasteiger partial charge >= 0.3 is 11.7 Å². The summed E-state index contributed by atoms with van der Waals surface area (Å²) in [6.45, 7) is 2.44. The summed E-state index contributed by atoms with van der Waals surface area (Å²) in [6, 6.07) is 25.6. The smallest absolute Gasteiger partial charge is 0.336 e. The van der Waals surface area contributed by atoms with E-state index in [9.17, 15) is 9.59 Å². The van der Waals surface area contributed by atoms with E-state index in [2.05, 4.69) is 5.32 Å². The van der Waals surface area contributed by atoms with Gasteiger partial charge in [-0.3, -0.25) is 4.90 Å². The van der Waals surface area contributed by atoms with Crippen LogP contribution in [0.15, 0.2) is 106 Å². The Balaban J connectivity index is 1.48. The normalized spacial score (nSPS) is 15.7. The van der Waals surface area contributed by atoms with Crippen LogP contribution in [-0.2, 0) is 4.74 Å². The number of carbonyl (C=O) groups is 1. The average Bonchev–Trinajstić information content (AvgIpc) is 2.90. The van der Waals surface area contributed by atoms with Crippen LogP contribution in [-0.4, -0.2) is 31.2 Å². The van der Waals surface area contributed by atoms with E-state index < -0.39 is 11.7 Å². The van der Waals surface area contributed by atoms with Gasteiger partial charge in [0.05, 0.1) is 6.61 Å². The van der Waals surface area contributed by atoms with E-state index in [4.69, 9.17) is 13.9 Å². The molecular formula is C29H26N2O5. The summed E-state index contributed by atoms with van der Waals surface area (Å²) < 4.78 is 17.6. The van der Waals surface area contributed by atoms with Crippen LogP contribution in [0.2, 0.25) is 0 Å². The maximum atomic E-state index is 12.8. The topological polar surface area (TPSA) is 81.0 Å². The number of benzene rings is 3. The van der Waals surface area contributed by atoms with Crippen LogP contribution in [0.1, 0.15) is 18.5 Å². The third-order valence-corrected chi connectivity index (χ3v) is 6.13. The third kappa shape index (κ3) is 4.55. The van der Waals surface area contributed by atoms with Gasteiger partial charge in [-0.1, -0.05) is 60.7 Å². The summed E-state index contributed by atoms with van der Waals surface area (Å²) in [4.78, 5) is 26.5. The summed E-state index contributed by atoms with van der Waals surface area (Å²) >= 11 is 0. The van der Waals surface area contributed by atoms with E-state index in [1.807, 2.05) is 79.7 Å². The zero-order valence-corrected chi connectivity index (χ0v) is 20.1.